The fraction of sp³-hybridized carbons (Fsp3) is 0.611. The Morgan fingerprint density at radius 1 is 1.14 bits per heavy atom. The van der Waals surface area contributed by atoms with Gasteiger partial charge in [0, 0.05) is 29.5 Å². The summed E-state index contributed by atoms with van der Waals surface area (Å²) in [4.78, 5) is 13.5. The van der Waals surface area contributed by atoms with Gasteiger partial charge in [0.25, 0.3) is 0 Å². The fourth-order valence-electron chi connectivity index (χ4n) is 3.79. The lowest BCUT2D eigenvalue weighted by Crippen LogP contribution is -2.49. The Morgan fingerprint density at radius 2 is 1.76 bits per heavy atom. The number of carbonyl (C=O) groups is 1. The summed E-state index contributed by atoms with van der Waals surface area (Å²) in [6.45, 7) is 2.40. The van der Waals surface area contributed by atoms with Gasteiger partial charge in [-0.25, -0.2) is 13.1 Å². The number of benzene rings is 1. The summed E-state index contributed by atoms with van der Waals surface area (Å²) in [7, 11) is -4.35. The van der Waals surface area contributed by atoms with Crippen molar-refractivity contribution in [1.82, 2.24) is 14.9 Å². The topological polar surface area (TPSA) is 78.5 Å². The summed E-state index contributed by atoms with van der Waals surface area (Å²) < 4.78 is 67.7. The third kappa shape index (κ3) is 5.50. The number of carbonyl (C=O) groups excluding carboxylic acids is 1. The molecular formula is C18H23BrF3N3O3S. The quantitative estimate of drug-likeness (QED) is 0.670. The average molecular weight is 498 g/mol. The molecule has 0 atom stereocenters. The molecule has 6 nitrogen and oxygen atoms in total. The second-order valence-corrected chi connectivity index (χ2v) is 9.98. The summed E-state index contributed by atoms with van der Waals surface area (Å²) in [5.41, 5.74) is -1.21. The van der Waals surface area contributed by atoms with Crippen LogP contribution in [0.25, 0.3) is 0 Å². The van der Waals surface area contributed by atoms with E-state index in [9.17, 15) is 26.4 Å². The zero-order chi connectivity index (χ0) is 21.2. The first-order valence-corrected chi connectivity index (χ1v) is 11.7. The van der Waals surface area contributed by atoms with Gasteiger partial charge in [0.1, 0.15) is 0 Å². The lowest BCUT2D eigenvalue weighted by molar-refractivity contribution is -0.140. The number of hydrogen-bond donors (Lipinski definition) is 2. The summed E-state index contributed by atoms with van der Waals surface area (Å²) in [6, 6.07) is 2.46. The average Bonchev–Trinajstić information content (AvgIpc) is 2.67. The van der Waals surface area contributed by atoms with E-state index in [1.165, 1.54) is 6.07 Å². The van der Waals surface area contributed by atoms with Crippen LogP contribution in [0, 0.1) is 5.92 Å². The third-order valence-electron chi connectivity index (χ3n) is 5.35. The highest BCUT2D eigenvalue weighted by molar-refractivity contribution is 9.10. The second kappa shape index (κ2) is 8.91. The van der Waals surface area contributed by atoms with Crippen molar-refractivity contribution in [3.63, 3.8) is 0 Å². The maximum Gasteiger partial charge on any atom is 0.417 e. The number of halogens is 4. The number of rotatable bonds is 4. The van der Waals surface area contributed by atoms with Crippen molar-refractivity contribution < 1.29 is 26.4 Å². The van der Waals surface area contributed by atoms with Crippen LogP contribution < -0.4 is 10.0 Å². The van der Waals surface area contributed by atoms with E-state index in [0.29, 0.717) is 25.9 Å². The molecule has 2 heterocycles. The molecule has 11 heteroatoms. The zero-order valence-corrected chi connectivity index (χ0v) is 18.0. The first-order chi connectivity index (χ1) is 13.6. The molecule has 1 aromatic carbocycles. The van der Waals surface area contributed by atoms with Crippen molar-refractivity contribution in [2.24, 2.45) is 5.92 Å². The Labute approximate surface area is 176 Å². The molecule has 2 aliphatic heterocycles. The summed E-state index contributed by atoms with van der Waals surface area (Å²) >= 11 is 2.95. The Kier molecular flexibility index (Phi) is 6.91. The zero-order valence-electron chi connectivity index (χ0n) is 15.6. The summed E-state index contributed by atoms with van der Waals surface area (Å²) in [6.07, 6.45) is -2.48. The molecule has 0 saturated carbocycles. The molecule has 29 heavy (non-hydrogen) atoms. The highest BCUT2D eigenvalue weighted by atomic mass is 79.9. The molecule has 1 amide bonds. The van der Waals surface area contributed by atoms with E-state index < -0.39 is 32.7 Å². The maximum atomic E-state index is 13.3. The van der Waals surface area contributed by atoms with Crippen molar-refractivity contribution in [2.75, 3.05) is 26.2 Å². The smallest absolute Gasteiger partial charge is 0.342 e. The van der Waals surface area contributed by atoms with Gasteiger partial charge >= 0.3 is 6.18 Å². The molecule has 0 radical (unpaired) electrons. The van der Waals surface area contributed by atoms with Crippen molar-refractivity contribution >= 4 is 31.9 Å². The first-order valence-electron chi connectivity index (χ1n) is 9.46. The van der Waals surface area contributed by atoms with Gasteiger partial charge in [-0.3, -0.25) is 4.79 Å². The number of likely N-dealkylation sites (tertiary alicyclic amines) is 1. The predicted molar refractivity (Wildman–Crippen MR) is 105 cm³/mol. The van der Waals surface area contributed by atoms with Gasteiger partial charge in [0.2, 0.25) is 15.9 Å². The van der Waals surface area contributed by atoms with E-state index in [1.807, 2.05) is 0 Å². The Morgan fingerprint density at radius 3 is 2.34 bits per heavy atom. The number of amides is 1. The monoisotopic (exact) mass is 497 g/mol. The van der Waals surface area contributed by atoms with Gasteiger partial charge < -0.3 is 10.2 Å². The van der Waals surface area contributed by atoms with Gasteiger partial charge in [-0.2, -0.15) is 13.2 Å². The Balaban J connectivity index is 1.65. The van der Waals surface area contributed by atoms with Crippen LogP contribution in [0.15, 0.2) is 27.6 Å². The number of sulfonamides is 1. The van der Waals surface area contributed by atoms with Gasteiger partial charge in [0.05, 0.1) is 10.5 Å². The van der Waals surface area contributed by atoms with Crippen molar-refractivity contribution in [2.45, 2.75) is 42.8 Å². The molecule has 2 N–H and O–H groups in total. The molecule has 0 aromatic heterocycles. The minimum Gasteiger partial charge on any atom is -0.342 e. The Hall–Kier alpha value is -1.17. The largest absolute Gasteiger partial charge is 0.417 e. The van der Waals surface area contributed by atoms with Gasteiger partial charge in [0.15, 0.2) is 0 Å². The number of hydrogen-bond acceptors (Lipinski definition) is 4. The first kappa shape index (κ1) is 22.5. The van der Waals surface area contributed by atoms with Crippen LogP contribution in [0.1, 0.15) is 31.2 Å². The van der Waals surface area contributed by atoms with Crippen LogP contribution >= 0.6 is 15.9 Å². The van der Waals surface area contributed by atoms with E-state index in [1.54, 1.807) is 4.90 Å². The molecule has 2 saturated heterocycles. The van der Waals surface area contributed by atoms with E-state index in [2.05, 4.69) is 26.0 Å². The molecular weight excluding hydrogens is 475 g/mol. The highest BCUT2D eigenvalue weighted by Gasteiger charge is 2.38. The van der Waals surface area contributed by atoms with Crippen LogP contribution in [0.3, 0.4) is 0 Å². The number of nitrogens with zero attached hydrogens (tertiary/aromatic N) is 1. The third-order valence-corrected chi connectivity index (χ3v) is 7.43. The standard InChI is InChI=1S/C18H23BrF3N3O3S/c19-13-1-2-16(15(11-13)18(20,21)22)29(27,28)24-14-5-9-25(10-6-14)17(26)12-3-7-23-8-4-12/h1-2,11-12,14,23-24H,3-10H2. The van der Waals surface area contributed by atoms with E-state index in [0.717, 1.165) is 38.1 Å². The molecule has 0 unspecified atom stereocenters. The van der Waals surface area contributed by atoms with Crippen molar-refractivity contribution in [3.8, 4) is 0 Å². The van der Waals surface area contributed by atoms with Crippen LogP contribution in [0.2, 0.25) is 0 Å². The molecule has 0 bridgehead atoms. The molecule has 162 valence electrons. The molecule has 2 fully saturated rings. The molecule has 0 aliphatic carbocycles. The van der Waals surface area contributed by atoms with Gasteiger partial charge in [-0.1, -0.05) is 15.9 Å². The molecule has 0 spiro atoms. The summed E-state index contributed by atoms with van der Waals surface area (Å²) in [5, 5.41) is 3.21. The minimum absolute atomic E-state index is 0.0124. The SMILES string of the molecule is O=C(C1CCNCC1)N1CCC(NS(=O)(=O)c2ccc(Br)cc2C(F)(F)F)CC1. The van der Waals surface area contributed by atoms with Crippen LogP contribution in [-0.2, 0) is 21.0 Å². The lowest BCUT2D eigenvalue weighted by atomic mass is 9.95. The van der Waals surface area contributed by atoms with Crippen molar-refractivity contribution in [1.29, 1.82) is 0 Å². The lowest BCUT2D eigenvalue weighted by Gasteiger charge is -2.35. The van der Waals surface area contributed by atoms with Gasteiger partial charge in [-0.15, -0.1) is 0 Å². The van der Waals surface area contributed by atoms with Crippen molar-refractivity contribution in [3.05, 3.63) is 28.2 Å². The predicted octanol–water partition coefficient (Wildman–Crippen LogP) is 2.74. The van der Waals surface area contributed by atoms with Crippen LogP contribution in [-0.4, -0.2) is 51.4 Å². The molecule has 2 aliphatic rings. The maximum absolute atomic E-state index is 13.3. The van der Waals surface area contributed by atoms with E-state index in [4.69, 9.17) is 0 Å². The number of nitrogens with one attached hydrogen (secondary N) is 2. The second-order valence-electron chi connectivity index (χ2n) is 7.38. The Bertz CT molecular complexity index is 850. The van der Waals surface area contributed by atoms with E-state index in [-0.39, 0.29) is 16.3 Å². The van der Waals surface area contributed by atoms with Gasteiger partial charge in [-0.05, 0) is 57.0 Å². The van der Waals surface area contributed by atoms with E-state index >= 15 is 0 Å². The minimum atomic E-state index is -4.79. The highest BCUT2D eigenvalue weighted by Crippen LogP contribution is 2.36. The van der Waals surface area contributed by atoms with Crippen LogP contribution in [0.5, 0.6) is 0 Å². The normalized spacial score (nSPS) is 20.1. The molecule has 3 rings (SSSR count). The van der Waals surface area contributed by atoms with Crippen LogP contribution in [0.4, 0.5) is 13.2 Å². The fourth-order valence-corrected chi connectivity index (χ4v) is 5.66. The number of alkyl halides is 3. The summed E-state index contributed by atoms with van der Waals surface area (Å²) in [5.74, 6) is 0.0710. The molecule has 1 aromatic rings. The number of piperidine rings is 2.